The second kappa shape index (κ2) is 8.39. The Labute approximate surface area is 150 Å². The molecule has 0 heterocycles. The Kier molecular flexibility index (Phi) is 6.25. The smallest absolute Gasteiger partial charge is 0.305 e. The number of amides is 1. The third kappa shape index (κ3) is 4.87. The van der Waals surface area contributed by atoms with Crippen LogP contribution in [0.5, 0.6) is 11.5 Å². The molecule has 0 aliphatic rings. The standard InChI is InChI=1S/C18H18ClNO5/c1-24-15-8-5-12(9-16(15)25-2)14(10-17(21)22)20-18(23)11-3-6-13(19)7-4-11/h3-9,14H,10H2,1-2H3,(H,20,23)(H,21,22)/t14-/m1/s1. The molecule has 0 aliphatic carbocycles. The van der Waals surface area contributed by atoms with Crippen molar-refractivity contribution in [3.63, 3.8) is 0 Å². The maximum absolute atomic E-state index is 12.4. The van der Waals surface area contributed by atoms with Crippen LogP contribution in [0.2, 0.25) is 5.02 Å². The van der Waals surface area contributed by atoms with Crippen LogP contribution in [0.15, 0.2) is 42.5 Å². The highest BCUT2D eigenvalue weighted by atomic mass is 35.5. The summed E-state index contributed by atoms with van der Waals surface area (Å²) in [4.78, 5) is 23.6. The van der Waals surface area contributed by atoms with E-state index in [0.717, 1.165) is 0 Å². The lowest BCUT2D eigenvalue weighted by atomic mass is 10.0. The third-order valence-electron chi connectivity index (χ3n) is 3.60. The average Bonchev–Trinajstić information content (AvgIpc) is 2.60. The van der Waals surface area contributed by atoms with Crippen molar-refractivity contribution in [1.82, 2.24) is 5.32 Å². The van der Waals surface area contributed by atoms with Crippen LogP contribution in [0.4, 0.5) is 0 Å². The van der Waals surface area contributed by atoms with Crippen molar-refractivity contribution in [2.24, 2.45) is 0 Å². The van der Waals surface area contributed by atoms with Crippen LogP contribution in [-0.2, 0) is 4.79 Å². The molecule has 2 N–H and O–H groups in total. The van der Waals surface area contributed by atoms with E-state index in [-0.39, 0.29) is 6.42 Å². The zero-order valence-electron chi connectivity index (χ0n) is 13.8. The van der Waals surface area contributed by atoms with Crippen molar-refractivity contribution >= 4 is 23.5 Å². The zero-order valence-corrected chi connectivity index (χ0v) is 14.5. The summed E-state index contributed by atoms with van der Waals surface area (Å²) in [6.07, 6.45) is -0.269. The molecule has 2 aromatic rings. The summed E-state index contributed by atoms with van der Waals surface area (Å²) < 4.78 is 10.4. The van der Waals surface area contributed by atoms with Gasteiger partial charge in [0.15, 0.2) is 11.5 Å². The zero-order chi connectivity index (χ0) is 18.4. The molecule has 2 aromatic carbocycles. The van der Waals surface area contributed by atoms with E-state index in [0.29, 0.717) is 27.6 Å². The van der Waals surface area contributed by atoms with Crippen LogP contribution in [0.3, 0.4) is 0 Å². The molecule has 7 heteroatoms. The quantitative estimate of drug-likeness (QED) is 0.788. The molecule has 0 radical (unpaired) electrons. The van der Waals surface area contributed by atoms with Crippen molar-refractivity contribution in [2.75, 3.05) is 14.2 Å². The largest absolute Gasteiger partial charge is 0.493 e. The molecule has 0 bridgehead atoms. The number of halogens is 1. The first-order valence-corrected chi connectivity index (χ1v) is 7.82. The maximum atomic E-state index is 12.4. The highest BCUT2D eigenvalue weighted by Gasteiger charge is 2.20. The minimum atomic E-state index is -1.03. The van der Waals surface area contributed by atoms with Crippen LogP contribution >= 0.6 is 11.6 Å². The predicted octanol–water partition coefficient (Wildman–Crippen LogP) is 3.30. The number of carboxylic acid groups (broad SMARTS) is 1. The number of methoxy groups -OCH3 is 2. The number of hydrogen-bond acceptors (Lipinski definition) is 4. The minimum absolute atomic E-state index is 0.269. The van der Waals surface area contributed by atoms with E-state index in [4.69, 9.17) is 26.2 Å². The fraction of sp³-hybridized carbons (Fsp3) is 0.222. The van der Waals surface area contributed by atoms with E-state index in [1.807, 2.05) is 0 Å². The number of hydrogen-bond donors (Lipinski definition) is 2. The first-order chi connectivity index (χ1) is 11.9. The molecule has 0 aromatic heterocycles. The molecule has 0 fully saturated rings. The first-order valence-electron chi connectivity index (χ1n) is 7.44. The lowest BCUT2D eigenvalue weighted by Gasteiger charge is -2.19. The van der Waals surface area contributed by atoms with Crippen LogP contribution in [0.25, 0.3) is 0 Å². The normalized spacial score (nSPS) is 11.5. The van der Waals surface area contributed by atoms with Gasteiger partial charge in [0.05, 0.1) is 26.7 Å². The van der Waals surface area contributed by atoms with Gasteiger partial charge in [-0.1, -0.05) is 17.7 Å². The van der Waals surface area contributed by atoms with Crippen molar-refractivity contribution in [1.29, 1.82) is 0 Å². The summed E-state index contributed by atoms with van der Waals surface area (Å²) in [5.41, 5.74) is 0.989. The Morgan fingerprint density at radius 3 is 2.28 bits per heavy atom. The molecule has 25 heavy (non-hydrogen) atoms. The summed E-state index contributed by atoms with van der Waals surface area (Å²) in [5, 5.41) is 12.4. The lowest BCUT2D eigenvalue weighted by molar-refractivity contribution is -0.137. The number of rotatable bonds is 7. The highest BCUT2D eigenvalue weighted by molar-refractivity contribution is 6.30. The van der Waals surface area contributed by atoms with Gasteiger partial charge >= 0.3 is 5.97 Å². The van der Waals surface area contributed by atoms with Crippen molar-refractivity contribution in [2.45, 2.75) is 12.5 Å². The second-order valence-electron chi connectivity index (χ2n) is 5.25. The van der Waals surface area contributed by atoms with E-state index < -0.39 is 17.9 Å². The lowest BCUT2D eigenvalue weighted by Crippen LogP contribution is -2.30. The molecular weight excluding hydrogens is 346 g/mol. The molecule has 0 saturated heterocycles. The molecule has 6 nitrogen and oxygen atoms in total. The van der Waals surface area contributed by atoms with Gasteiger partial charge in [-0.2, -0.15) is 0 Å². The molecule has 0 unspecified atom stereocenters. The van der Waals surface area contributed by atoms with E-state index in [1.165, 1.54) is 14.2 Å². The number of nitrogens with one attached hydrogen (secondary N) is 1. The summed E-state index contributed by atoms with van der Waals surface area (Å²) in [6.45, 7) is 0. The van der Waals surface area contributed by atoms with Gasteiger partial charge in [0.25, 0.3) is 5.91 Å². The molecule has 1 atom stereocenters. The van der Waals surface area contributed by atoms with Crippen molar-refractivity contribution in [3.8, 4) is 11.5 Å². The monoisotopic (exact) mass is 363 g/mol. The molecule has 0 saturated carbocycles. The SMILES string of the molecule is COc1ccc([C@@H](CC(=O)O)NC(=O)c2ccc(Cl)cc2)cc1OC. The van der Waals surface area contributed by atoms with Gasteiger partial charge in [0.1, 0.15) is 0 Å². The summed E-state index contributed by atoms with van der Waals surface area (Å²) in [7, 11) is 2.99. The van der Waals surface area contributed by atoms with Gasteiger partial charge in [-0.25, -0.2) is 0 Å². The van der Waals surface area contributed by atoms with Crippen LogP contribution < -0.4 is 14.8 Å². The highest BCUT2D eigenvalue weighted by Crippen LogP contribution is 2.31. The molecule has 0 spiro atoms. The van der Waals surface area contributed by atoms with Gasteiger partial charge in [-0.15, -0.1) is 0 Å². The van der Waals surface area contributed by atoms with Gasteiger partial charge < -0.3 is 19.9 Å². The number of carbonyl (C=O) groups excluding carboxylic acids is 1. The minimum Gasteiger partial charge on any atom is -0.493 e. The first kappa shape index (κ1) is 18.6. The molecule has 2 rings (SSSR count). The van der Waals surface area contributed by atoms with E-state index in [2.05, 4.69) is 5.32 Å². The Bertz CT molecular complexity index is 761. The number of carbonyl (C=O) groups is 2. The van der Waals surface area contributed by atoms with Gasteiger partial charge in [-0.05, 0) is 42.0 Å². The van der Waals surface area contributed by atoms with Crippen LogP contribution in [0.1, 0.15) is 28.4 Å². The van der Waals surface area contributed by atoms with Gasteiger partial charge in [-0.3, -0.25) is 9.59 Å². The summed E-state index contributed by atoms with van der Waals surface area (Å²) in [5.74, 6) is -0.450. The number of benzene rings is 2. The topological polar surface area (TPSA) is 84.9 Å². The molecule has 132 valence electrons. The Morgan fingerprint density at radius 1 is 1.08 bits per heavy atom. The van der Waals surface area contributed by atoms with Crippen LogP contribution in [-0.4, -0.2) is 31.2 Å². The van der Waals surface area contributed by atoms with E-state index >= 15 is 0 Å². The summed E-state index contributed by atoms with van der Waals surface area (Å²) in [6, 6.07) is 10.6. The van der Waals surface area contributed by atoms with Gasteiger partial charge in [0.2, 0.25) is 0 Å². The fourth-order valence-corrected chi connectivity index (χ4v) is 2.47. The summed E-state index contributed by atoms with van der Waals surface area (Å²) >= 11 is 5.81. The van der Waals surface area contributed by atoms with Gasteiger partial charge in [0, 0.05) is 10.6 Å². The average molecular weight is 364 g/mol. The number of aliphatic carboxylic acids is 1. The Balaban J connectivity index is 2.28. The van der Waals surface area contributed by atoms with E-state index in [9.17, 15) is 9.59 Å². The Hall–Kier alpha value is -2.73. The predicted molar refractivity (Wildman–Crippen MR) is 93.5 cm³/mol. The third-order valence-corrected chi connectivity index (χ3v) is 3.85. The molecular formula is C18H18ClNO5. The molecule has 0 aliphatic heterocycles. The van der Waals surface area contributed by atoms with E-state index in [1.54, 1.807) is 42.5 Å². The van der Waals surface area contributed by atoms with Crippen LogP contribution in [0, 0.1) is 0 Å². The fourth-order valence-electron chi connectivity index (χ4n) is 2.34. The second-order valence-corrected chi connectivity index (χ2v) is 5.68. The molecule has 1 amide bonds. The number of carboxylic acids is 1. The Morgan fingerprint density at radius 2 is 1.72 bits per heavy atom. The maximum Gasteiger partial charge on any atom is 0.305 e. The number of ether oxygens (including phenoxy) is 2. The van der Waals surface area contributed by atoms with Crippen molar-refractivity contribution < 1.29 is 24.2 Å². The van der Waals surface area contributed by atoms with Crippen molar-refractivity contribution in [3.05, 3.63) is 58.6 Å².